The van der Waals surface area contributed by atoms with Crippen molar-refractivity contribution in [2.45, 2.75) is 32.4 Å². The van der Waals surface area contributed by atoms with Gasteiger partial charge in [-0.1, -0.05) is 0 Å². The zero-order valence-electron chi connectivity index (χ0n) is 9.24. The third-order valence-corrected chi connectivity index (χ3v) is 2.95. The molecule has 0 fully saturated rings. The first-order chi connectivity index (χ1) is 6.72. The number of hydrogen-bond acceptors (Lipinski definition) is 4. The van der Waals surface area contributed by atoms with Crippen LogP contribution in [0.15, 0.2) is 0 Å². The van der Waals surface area contributed by atoms with Gasteiger partial charge in [-0.05, 0) is 13.8 Å². The Morgan fingerprint density at radius 1 is 1.53 bits per heavy atom. The monoisotopic (exact) mass is 234 g/mol. The van der Waals surface area contributed by atoms with Crippen molar-refractivity contribution in [3.8, 4) is 0 Å². The summed E-state index contributed by atoms with van der Waals surface area (Å²) in [7, 11) is 0. The Morgan fingerprint density at radius 3 is 2.40 bits per heavy atom. The van der Waals surface area contributed by atoms with Gasteiger partial charge in [0.15, 0.2) is 0 Å². The Bertz CT molecular complexity index is 238. The Kier molecular flexibility index (Phi) is 5.67. The van der Waals surface area contributed by atoms with E-state index < -0.39 is 12.0 Å². The van der Waals surface area contributed by atoms with Crippen LogP contribution in [-0.4, -0.2) is 40.1 Å². The van der Waals surface area contributed by atoms with Crippen LogP contribution in [0.3, 0.4) is 0 Å². The lowest BCUT2D eigenvalue weighted by molar-refractivity contribution is -0.140. The highest BCUT2D eigenvalue weighted by Gasteiger charge is 2.19. The first-order valence-electron chi connectivity index (χ1n) is 4.59. The average molecular weight is 234 g/mol. The third-order valence-electron chi connectivity index (χ3n) is 1.43. The highest BCUT2D eigenvalue weighted by molar-refractivity contribution is 7.99. The summed E-state index contributed by atoms with van der Waals surface area (Å²) in [6, 6.07) is -0.838. The van der Waals surface area contributed by atoms with Crippen LogP contribution in [0, 0.1) is 0 Å². The van der Waals surface area contributed by atoms with E-state index in [1.54, 1.807) is 0 Å². The second kappa shape index (κ2) is 5.97. The molecule has 5 nitrogen and oxygen atoms in total. The molecule has 15 heavy (non-hydrogen) atoms. The fourth-order valence-corrected chi connectivity index (χ4v) is 1.97. The number of carbonyl (C=O) groups is 2. The van der Waals surface area contributed by atoms with Crippen LogP contribution < -0.4 is 11.1 Å². The van der Waals surface area contributed by atoms with E-state index in [0.717, 1.165) is 0 Å². The highest BCUT2D eigenvalue weighted by atomic mass is 32.2. The SMILES string of the molecule is CC(=O)NC(CSCC(C)(C)N)C(=O)O. The normalized spacial score (nSPS) is 13.3. The van der Waals surface area contributed by atoms with Gasteiger partial charge in [-0.25, -0.2) is 4.79 Å². The highest BCUT2D eigenvalue weighted by Crippen LogP contribution is 2.11. The zero-order chi connectivity index (χ0) is 12.1. The summed E-state index contributed by atoms with van der Waals surface area (Å²) in [4.78, 5) is 21.4. The van der Waals surface area contributed by atoms with Crippen LogP contribution in [0.5, 0.6) is 0 Å². The second-order valence-corrected chi connectivity index (χ2v) is 5.13. The maximum Gasteiger partial charge on any atom is 0.327 e. The van der Waals surface area contributed by atoms with Crippen molar-refractivity contribution < 1.29 is 14.7 Å². The number of amides is 1. The van der Waals surface area contributed by atoms with Gasteiger partial charge < -0.3 is 16.2 Å². The van der Waals surface area contributed by atoms with Crippen molar-refractivity contribution in [3.63, 3.8) is 0 Å². The lowest BCUT2D eigenvalue weighted by Gasteiger charge is -2.19. The Hall–Kier alpha value is -0.750. The average Bonchev–Trinajstić information content (AvgIpc) is 1.99. The summed E-state index contributed by atoms with van der Waals surface area (Å²) in [6.45, 7) is 5.04. The van der Waals surface area contributed by atoms with Crippen molar-refractivity contribution in [1.82, 2.24) is 5.32 Å². The fraction of sp³-hybridized carbons (Fsp3) is 0.778. The summed E-state index contributed by atoms with van der Waals surface area (Å²) < 4.78 is 0. The van der Waals surface area contributed by atoms with E-state index in [1.165, 1.54) is 18.7 Å². The fourth-order valence-electron chi connectivity index (χ4n) is 0.860. The molecule has 0 spiro atoms. The van der Waals surface area contributed by atoms with Crippen LogP contribution in [0.2, 0.25) is 0 Å². The lowest BCUT2D eigenvalue weighted by Crippen LogP contribution is -2.42. The molecule has 0 aromatic heterocycles. The van der Waals surface area contributed by atoms with Gasteiger partial charge in [-0.3, -0.25) is 4.79 Å². The van der Waals surface area contributed by atoms with Crippen molar-refractivity contribution >= 4 is 23.6 Å². The molecule has 0 bridgehead atoms. The van der Waals surface area contributed by atoms with E-state index in [9.17, 15) is 9.59 Å². The topological polar surface area (TPSA) is 92.4 Å². The van der Waals surface area contributed by atoms with Gasteiger partial charge >= 0.3 is 5.97 Å². The summed E-state index contributed by atoms with van der Waals surface area (Å²) in [5.74, 6) is -0.381. The summed E-state index contributed by atoms with van der Waals surface area (Å²) in [6.07, 6.45) is 0. The molecule has 0 heterocycles. The minimum absolute atomic E-state index is 0.329. The number of thioether (sulfide) groups is 1. The number of carbonyl (C=O) groups excluding carboxylic acids is 1. The van der Waals surface area contributed by atoms with Gasteiger partial charge in [-0.2, -0.15) is 11.8 Å². The quantitative estimate of drug-likeness (QED) is 0.603. The van der Waals surface area contributed by atoms with Crippen LogP contribution >= 0.6 is 11.8 Å². The van der Waals surface area contributed by atoms with E-state index in [0.29, 0.717) is 11.5 Å². The van der Waals surface area contributed by atoms with E-state index >= 15 is 0 Å². The van der Waals surface area contributed by atoms with Crippen LogP contribution in [0.1, 0.15) is 20.8 Å². The van der Waals surface area contributed by atoms with Crippen LogP contribution in [-0.2, 0) is 9.59 Å². The van der Waals surface area contributed by atoms with Gasteiger partial charge in [0.25, 0.3) is 0 Å². The second-order valence-electron chi connectivity index (χ2n) is 4.10. The standard InChI is InChI=1S/C9H18N2O3S/c1-6(12)11-7(8(13)14)4-15-5-9(2,3)10/h7H,4-5,10H2,1-3H3,(H,11,12)(H,13,14). The molecule has 0 aliphatic heterocycles. The minimum Gasteiger partial charge on any atom is -0.480 e. The molecular formula is C9H18N2O3S. The molecule has 0 aromatic carbocycles. The predicted octanol–water partition coefficient (Wildman–Crippen LogP) is 0.0462. The molecule has 88 valence electrons. The minimum atomic E-state index is -1.02. The maximum atomic E-state index is 10.7. The first kappa shape index (κ1) is 14.2. The molecular weight excluding hydrogens is 216 g/mol. The van der Waals surface area contributed by atoms with Gasteiger partial charge in [0.1, 0.15) is 6.04 Å². The van der Waals surface area contributed by atoms with Crippen molar-refractivity contribution in [2.24, 2.45) is 5.73 Å². The van der Waals surface area contributed by atoms with Crippen molar-refractivity contribution in [1.29, 1.82) is 0 Å². The molecule has 0 saturated heterocycles. The number of carboxylic acids is 1. The number of nitrogens with two attached hydrogens (primary N) is 1. The predicted molar refractivity (Wildman–Crippen MR) is 60.8 cm³/mol. The molecule has 0 aliphatic carbocycles. The molecule has 0 rings (SSSR count). The van der Waals surface area contributed by atoms with E-state index in [4.69, 9.17) is 10.8 Å². The summed E-state index contributed by atoms with van der Waals surface area (Å²) in [5, 5.41) is 11.2. The van der Waals surface area contributed by atoms with Gasteiger partial charge in [0.05, 0.1) is 0 Å². The van der Waals surface area contributed by atoms with E-state index in [2.05, 4.69) is 5.32 Å². The Morgan fingerprint density at radius 2 is 2.07 bits per heavy atom. The number of carboxylic acid groups (broad SMARTS) is 1. The largest absolute Gasteiger partial charge is 0.480 e. The van der Waals surface area contributed by atoms with Gasteiger partial charge in [0.2, 0.25) is 5.91 Å². The zero-order valence-corrected chi connectivity index (χ0v) is 10.1. The molecule has 6 heteroatoms. The molecule has 4 N–H and O–H groups in total. The Labute approximate surface area is 93.8 Å². The number of hydrogen-bond donors (Lipinski definition) is 3. The molecule has 0 saturated carbocycles. The smallest absolute Gasteiger partial charge is 0.327 e. The summed E-state index contributed by atoms with van der Waals surface area (Å²) in [5.41, 5.74) is 5.41. The molecule has 1 amide bonds. The van der Waals surface area contributed by atoms with Crippen molar-refractivity contribution in [2.75, 3.05) is 11.5 Å². The van der Waals surface area contributed by atoms with E-state index in [-0.39, 0.29) is 11.4 Å². The molecule has 0 aliphatic rings. The lowest BCUT2D eigenvalue weighted by atomic mass is 10.1. The molecule has 0 radical (unpaired) electrons. The number of aliphatic carboxylic acids is 1. The van der Waals surface area contributed by atoms with Gasteiger partial charge in [0, 0.05) is 24.0 Å². The van der Waals surface area contributed by atoms with Crippen molar-refractivity contribution in [3.05, 3.63) is 0 Å². The van der Waals surface area contributed by atoms with E-state index in [1.807, 2.05) is 13.8 Å². The maximum absolute atomic E-state index is 10.7. The van der Waals surface area contributed by atoms with Gasteiger partial charge in [-0.15, -0.1) is 0 Å². The summed E-state index contributed by atoms with van der Waals surface area (Å²) >= 11 is 1.42. The molecule has 1 atom stereocenters. The first-order valence-corrected chi connectivity index (χ1v) is 5.74. The number of rotatable bonds is 6. The third kappa shape index (κ3) is 8.26. The molecule has 0 aromatic rings. The van der Waals surface area contributed by atoms with Crippen LogP contribution in [0.4, 0.5) is 0 Å². The molecule has 1 unspecified atom stereocenters. The number of nitrogens with one attached hydrogen (secondary N) is 1. The Balaban J connectivity index is 3.98. The van der Waals surface area contributed by atoms with Crippen LogP contribution in [0.25, 0.3) is 0 Å².